The molecule has 1 aliphatic rings. The number of amides is 1. The monoisotopic (exact) mass is 542 g/mol. The van der Waals surface area contributed by atoms with Crippen LogP contribution in [0.5, 0.6) is 0 Å². The number of nitrogens with one attached hydrogen (secondary N) is 2. The minimum atomic E-state index is -1.19. The molecule has 0 unspecified atom stereocenters. The second-order valence-corrected chi connectivity index (χ2v) is 12.8. The fourth-order valence-corrected chi connectivity index (χ4v) is 4.14. The highest BCUT2D eigenvalue weighted by Gasteiger charge is 2.44. The lowest BCUT2D eigenvalue weighted by Gasteiger charge is -2.44. The molecule has 0 aromatic carbocycles. The minimum Gasteiger partial charge on any atom is -0.460 e. The topological polar surface area (TPSA) is 127 Å². The van der Waals surface area contributed by atoms with Crippen molar-refractivity contribution < 1.29 is 33.4 Å². The zero-order chi connectivity index (χ0) is 29.2. The third-order valence-electron chi connectivity index (χ3n) is 5.51. The van der Waals surface area contributed by atoms with Crippen molar-refractivity contribution in [2.24, 2.45) is 0 Å². The third kappa shape index (κ3) is 14.1. The molecule has 0 radical (unpaired) electrons. The summed E-state index contributed by atoms with van der Waals surface area (Å²) >= 11 is 0. The van der Waals surface area contributed by atoms with Crippen LogP contribution in [-0.4, -0.2) is 109 Å². The lowest BCUT2D eigenvalue weighted by molar-refractivity contribution is -0.169. The zero-order valence-corrected chi connectivity index (χ0v) is 24.9. The summed E-state index contributed by atoms with van der Waals surface area (Å²) < 4.78 is 16.9. The van der Waals surface area contributed by atoms with Crippen LogP contribution in [-0.2, 0) is 33.4 Å². The molecular formula is C27H50N4O7. The van der Waals surface area contributed by atoms with Crippen molar-refractivity contribution >= 4 is 24.3 Å². The van der Waals surface area contributed by atoms with Crippen LogP contribution in [0.15, 0.2) is 0 Å². The molecule has 0 bridgehead atoms. The Morgan fingerprint density at radius 1 is 0.711 bits per heavy atom. The highest BCUT2D eigenvalue weighted by Crippen LogP contribution is 2.28. The summed E-state index contributed by atoms with van der Waals surface area (Å²) in [6, 6.07) is 0. The molecule has 11 nitrogen and oxygen atoms in total. The quantitative estimate of drug-likeness (QED) is 0.277. The van der Waals surface area contributed by atoms with Crippen LogP contribution >= 0.6 is 0 Å². The van der Waals surface area contributed by atoms with Crippen LogP contribution < -0.4 is 10.6 Å². The summed E-state index contributed by atoms with van der Waals surface area (Å²) in [5.74, 6) is -1.51. The van der Waals surface area contributed by atoms with E-state index in [1.165, 1.54) is 0 Å². The van der Waals surface area contributed by atoms with Gasteiger partial charge in [-0.25, -0.2) is 0 Å². The summed E-state index contributed by atoms with van der Waals surface area (Å²) in [5, 5.41) is 6.63. The van der Waals surface area contributed by atoms with Gasteiger partial charge in [0.25, 0.3) is 0 Å². The van der Waals surface area contributed by atoms with Gasteiger partial charge < -0.3 is 29.7 Å². The maximum Gasteiger partial charge on any atom is 0.320 e. The van der Waals surface area contributed by atoms with Crippen molar-refractivity contribution in [3.05, 3.63) is 0 Å². The maximum atomic E-state index is 13.2. The molecule has 220 valence electrons. The SMILES string of the molecule is CC(C)(C)OC(=O)CN1CCN(C=O)CCNCCNCC1(CC(=O)OC(C)(C)C)CC(=O)OC(C)(C)C. The molecule has 0 spiro atoms. The summed E-state index contributed by atoms with van der Waals surface area (Å²) in [5.41, 5.74) is -3.38. The van der Waals surface area contributed by atoms with Crippen molar-refractivity contribution in [3.8, 4) is 0 Å². The van der Waals surface area contributed by atoms with Gasteiger partial charge in [-0.1, -0.05) is 0 Å². The van der Waals surface area contributed by atoms with E-state index in [9.17, 15) is 19.2 Å². The largest absolute Gasteiger partial charge is 0.460 e. The van der Waals surface area contributed by atoms with E-state index in [0.29, 0.717) is 32.7 Å². The Hall–Kier alpha value is -2.24. The fraction of sp³-hybridized carbons (Fsp3) is 0.852. The number of hydrogen-bond donors (Lipinski definition) is 2. The Balaban J connectivity index is 3.55. The number of hydrogen-bond acceptors (Lipinski definition) is 10. The molecule has 0 aromatic rings. The van der Waals surface area contributed by atoms with Crippen molar-refractivity contribution in [1.29, 1.82) is 0 Å². The van der Waals surface area contributed by atoms with E-state index in [4.69, 9.17) is 14.2 Å². The summed E-state index contributed by atoms with van der Waals surface area (Å²) in [6.45, 7) is 18.8. The van der Waals surface area contributed by atoms with Crippen molar-refractivity contribution in [1.82, 2.24) is 20.4 Å². The average Bonchev–Trinajstić information content (AvgIpc) is 2.68. The van der Waals surface area contributed by atoms with E-state index in [2.05, 4.69) is 10.6 Å². The van der Waals surface area contributed by atoms with E-state index < -0.39 is 40.2 Å². The molecule has 0 saturated carbocycles. The molecule has 1 rings (SSSR count). The van der Waals surface area contributed by atoms with Crippen molar-refractivity contribution in [3.63, 3.8) is 0 Å². The lowest BCUT2D eigenvalue weighted by atomic mass is 9.87. The number of esters is 3. The standard InChI is InChI=1S/C27H50N4O7/c1-24(2,3)36-21(33)16-27(17-22(34)37-25(4,5)6)19-29-11-10-28-12-13-30(20-32)14-15-31(27)18-23(35)38-26(7,8)9/h20,28-29H,10-19H2,1-9H3. The fourth-order valence-electron chi connectivity index (χ4n) is 4.14. The van der Waals surface area contributed by atoms with Gasteiger partial charge in [-0.05, 0) is 62.3 Å². The minimum absolute atomic E-state index is 0.173. The van der Waals surface area contributed by atoms with Gasteiger partial charge >= 0.3 is 17.9 Å². The smallest absolute Gasteiger partial charge is 0.320 e. The van der Waals surface area contributed by atoms with Crippen LogP contribution in [0.1, 0.15) is 75.2 Å². The third-order valence-corrected chi connectivity index (χ3v) is 5.51. The van der Waals surface area contributed by atoms with Gasteiger partial charge in [-0.3, -0.25) is 24.1 Å². The summed E-state index contributed by atoms with van der Waals surface area (Å²) in [7, 11) is 0. The molecule has 2 N–H and O–H groups in total. The molecular weight excluding hydrogens is 492 g/mol. The van der Waals surface area contributed by atoms with Gasteiger partial charge in [0.15, 0.2) is 0 Å². The second kappa shape index (κ2) is 14.2. The molecule has 1 saturated heterocycles. The second-order valence-electron chi connectivity index (χ2n) is 12.8. The Morgan fingerprint density at radius 2 is 1.18 bits per heavy atom. The van der Waals surface area contributed by atoms with Gasteiger partial charge in [0.05, 0.1) is 24.9 Å². The lowest BCUT2D eigenvalue weighted by Crippen LogP contribution is -2.61. The van der Waals surface area contributed by atoms with Crippen LogP contribution in [0.4, 0.5) is 0 Å². The summed E-state index contributed by atoms with van der Waals surface area (Å²) in [4.78, 5) is 54.7. The van der Waals surface area contributed by atoms with Gasteiger partial charge in [0.1, 0.15) is 16.8 Å². The first-order valence-corrected chi connectivity index (χ1v) is 13.4. The van der Waals surface area contributed by atoms with Gasteiger partial charge in [0, 0.05) is 45.8 Å². The maximum absolute atomic E-state index is 13.2. The number of carbonyl (C=O) groups is 4. The number of carbonyl (C=O) groups excluding carboxylic acids is 4. The molecule has 11 heteroatoms. The van der Waals surface area contributed by atoms with Gasteiger partial charge in [-0.2, -0.15) is 0 Å². The van der Waals surface area contributed by atoms with E-state index >= 15 is 0 Å². The zero-order valence-electron chi connectivity index (χ0n) is 24.9. The first kappa shape index (κ1) is 33.8. The van der Waals surface area contributed by atoms with E-state index in [1.54, 1.807) is 72.1 Å². The molecule has 38 heavy (non-hydrogen) atoms. The first-order chi connectivity index (χ1) is 17.3. The van der Waals surface area contributed by atoms with Crippen LogP contribution in [0, 0.1) is 0 Å². The predicted octanol–water partition coefficient (Wildman–Crippen LogP) is 1.48. The molecule has 1 amide bonds. The van der Waals surface area contributed by atoms with E-state index in [0.717, 1.165) is 6.41 Å². The first-order valence-electron chi connectivity index (χ1n) is 13.4. The van der Waals surface area contributed by atoms with Crippen molar-refractivity contribution in [2.45, 2.75) is 97.5 Å². The normalized spacial score (nSPS) is 18.5. The average molecular weight is 543 g/mol. The van der Waals surface area contributed by atoms with E-state index in [-0.39, 0.29) is 32.5 Å². The number of nitrogens with zero attached hydrogens (tertiary/aromatic N) is 2. The Morgan fingerprint density at radius 3 is 1.66 bits per heavy atom. The molecule has 1 heterocycles. The predicted molar refractivity (Wildman–Crippen MR) is 144 cm³/mol. The Bertz CT molecular complexity index is 767. The Labute approximate surface area is 228 Å². The number of ether oxygens (including phenoxy) is 3. The van der Waals surface area contributed by atoms with E-state index in [1.807, 2.05) is 0 Å². The highest BCUT2D eigenvalue weighted by molar-refractivity contribution is 5.77. The molecule has 0 atom stereocenters. The van der Waals surface area contributed by atoms with Crippen LogP contribution in [0.3, 0.4) is 0 Å². The molecule has 0 aliphatic carbocycles. The van der Waals surface area contributed by atoms with Crippen LogP contribution in [0.2, 0.25) is 0 Å². The van der Waals surface area contributed by atoms with Gasteiger partial charge in [0.2, 0.25) is 6.41 Å². The van der Waals surface area contributed by atoms with Gasteiger partial charge in [-0.15, -0.1) is 0 Å². The van der Waals surface area contributed by atoms with Crippen molar-refractivity contribution in [2.75, 3.05) is 52.4 Å². The molecule has 1 aliphatic heterocycles. The Kier molecular flexibility index (Phi) is 12.7. The highest BCUT2D eigenvalue weighted by atomic mass is 16.6. The molecule has 1 fully saturated rings. The summed E-state index contributed by atoms with van der Waals surface area (Å²) in [6.07, 6.45) is 0.419. The van der Waals surface area contributed by atoms with Crippen LogP contribution in [0.25, 0.3) is 0 Å². The molecule has 0 aromatic heterocycles. The number of rotatable bonds is 7.